The van der Waals surface area contributed by atoms with Crippen molar-refractivity contribution in [3.05, 3.63) is 0 Å². The zero-order chi connectivity index (χ0) is 12.5. The minimum Gasteiger partial charge on any atom is -0.376 e. The molecule has 1 heterocycles. The predicted octanol–water partition coefficient (Wildman–Crippen LogP) is 2.12. The molecule has 0 spiro atoms. The van der Waals surface area contributed by atoms with E-state index in [4.69, 9.17) is 4.74 Å². The number of nitrogens with zero attached hydrogens (tertiary/aromatic N) is 1. The third-order valence-electron chi connectivity index (χ3n) is 3.21. The van der Waals surface area contributed by atoms with Crippen LogP contribution in [0.25, 0.3) is 0 Å². The summed E-state index contributed by atoms with van der Waals surface area (Å²) in [4.78, 5) is 2.54. The molecule has 0 bridgehead atoms. The minimum atomic E-state index is 0.427. The third kappa shape index (κ3) is 7.74. The molecule has 0 aromatic heterocycles. The van der Waals surface area contributed by atoms with Crippen LogP contribution >= 0.6 is 0 Å². The summed E-state index contributed by atoms with van der Waals surface area (Å²) in [5.74, 6) is 0.768. The second-order valence-corrected chi connectivity index (χ2v) is 5.64. The van der Waals surface area contributed by atoms with E-state index in [0.29, 0.717) is 6.10 Å². The van der Waals surface area contributed by atoms with Gasteiger partial charge in [-0.25, -0.2) is 0 Å². The topological polar surface area (TPSA) is 24.5 Å². The zero-order valence-corrected chi connectivity index (χ0v) is 11.9. The van der Waals surface area contributed by atoms with E-state index in [2.05, 4.69) is 31.0 Å². The first kappa shape index (κ1) is 14.9. The van der Waals surface area contributed by atoms with Crippen molar-refractivity contribution in [2.45, 2.75) is 46.1 Å². The lowest BCUT2D eigenvalue weighted by Crippen LogP contribution is -2.41. The molecule has 0 aromatic carbocycles. The Morgan fingerprint density at radius 3 is 2.82 bits per heavy atom. The Morgan fingerprint density at radius 2 is 2.12 bits per heavy atom. The first-order valence-corrected chi connectivity index (χ1v) is 7.23. The fraction of sp³-hybridized carbons (Fsp3) is 1.00. The molecule has 3 heteroatoms. The van der Waals surface area contributed by atoms with E-state index in [1.165, 1.54) is 32.4 Å². The van der Waals surface area contributed by atoms with Crippen LogP contribution in [0.1, 0.15) is 40.0 Å². The van der Waals surface area contributed by atoms with Crippen LogP contribution in [0.4, 0.5) is 0 Å². The zero-order valence-electron chi connectivity index (χ0n) is 11.9. The molecule has 1 fully saturated rings. The molecule has 17 heavy (non-hydrogen) atoms. The molecule has 1 N–H and O–H groups in total. The SMILES string of the molecule is CC(C)CNCCCCCN1CCOC(C)C1. The van der Waals surface area contributed by atoms with Crippen LogP contribution in [-0.2, 0) is 4.74 Å². The first-order chi connectivity index (χ1) is 8.18. The summed E-state index contributed by atoms with van der Waals surface area (Å²) in [6.45, 7) is 13.4. The molecular formula is C14H30N2O. The Labute approximate surface area is 107 Å². The van der Waals surface area contributed by atoms with E-state index in [0.717, 1.165) is 32.2 Å². The van der Waals surface area contributed by atoms with Gasteiger partial charge >= 0.3 is 0 Å². The van der Waals surface area contributed by atoms with Crippen molar-refractivity contribution in [2.24, 2.45) is 5.92 Å². The number of nitrogens with one attached hydrogen (secondary N) is 1. The molecule has 1 aliphatic rings. The van der Waals surface area contributed by atoms with Crippen LogP contribution < -0.4 is 5.32 Å². The second-order valence-electron chi connectivity index (χ2n) is 5.64. The van der Waals surface area contributed by atoms with Crippen molar-refractivity contribution in [1.82, 2.24) is 10.2 Å². The maximum atomic E-state index is 5.54. The summed E-state index contributed by atoms with van der Waals surface area (Å²) < 4.78 is 5.54. The first-order valence-electron chi connectivity index (χ1n) is 7.23. The van der Waals surface area contributed by atoms with E-state index in [9.17, 15) is 0 Å². The van der Waals surface area contributed by atoms with Gasteiger partial charge in [0.2, 0.25) is 0 Å². The van der Waals surface area contributed by atoms with Crippen molar-refractivity contribution >= 4 is 0 Å². The van der Waals surface area contributed by atoms with Crippen molar-refractivity contribution in [2.75, 3.05) is 39.3 Å². The van der Waals surface area contributed by atoms with Crippen molar-refractivity contribution in [3.63, 3.8) is 0 Å². The highest BCUT2D eigenvalue weighted by Gasteiger charge is 2.15. The van der Waals surface area contributed by atoms with E-state index in [-0.39, 0.29) is 0 Å². The van der Waals surface area contributed by atoms with E-state index in [1.807, 2.05) is 0 Å². The summed E-state index contributed by atoms with van der Waals surface area (Å²) in [5, 5.41) is 3.50. The van der Waals surface area contributed by atoms with E-state index >= 15 is 0 Å². The van der Waals surface area contributed by atoms with Gasteiger partial charge in [0.05, 0.1) is 12.7 Å². The number of morpholine rings is 1. The van der Waals surface area contributed by atoms with E-state index in [1.54, 1.807) is 0 Å². The van der Waals surface area contributed by atoms with Crippen LogP contribution in [0.2, 0.25) is 0 Å². The molecule has 1 saturated heterocycles. The third-order valence-corrected chi connectivity index (χ3v) is 3.21. The van der Waals surface area contributed by atoms with Crippen molar-refractivity contribution in [1.29, 1.82) is 0 Å². The smallest absolute Gasteiger partial charge is 0.0674 e. The summed E-state index contributed by atoms with van der Waals surface area (Å²) in [5.41, 5.74) is 0. The predicted molar refractivity (Wildman–Crippen MR) is 73.4 cm³/mol. The molecule has 102 valence electrons. The van der Waals surface area contributed by atoms with Gasteiger partial charge in [-0.2, -0.15) is 0 Å². The van der Waals surface area contributed by atoms with Crippen LogP contribution in [0.3, 0.4) is 0 Å². The lowest BCUT2D eigenvalue weighted by atomic mass is 10.2. The van der Waals surface area contributed by atoms with Crippen LogP contribution in [-0.4, -0.2) is 50.3 Å². The molecular weight excluding hydrogens is 212 g/mol. The Balaban J connectivity index is 1.86. The molecule has 0 radical (unpaired) electrons. The molecule has 1 rings (SSSR count). The Hall–Kier alpha value is -0.120. The maximum absolute atomic E-state index is 5.54. The lowest BCUT2D eigenvalue weighted by Gasteiger charge is -2.30. The number of hydrogen-bond donors (Lipinski definition) is 1. The molecule has 3 nitrogen and oxygen atoms in total. The highest BCUT2D eigenvalue weighted by atomic mass is 16.5. The fourth-order valence-corrected chi connectivity index (χ4v) is 2.25. The van der Waals surface area contributed by atoms with Crippen molar-refractivity contribution in [3.8, 4) is 0 Å². The molecule has 1 unspecified atom stereocenters. The Morgan fingerprint density at radius 1 is 1.29 bits per heavy atom. The monoisotopic (exact) mass is 242 g/mol. The minimum absolute atomic E-state index is 0.427. The molecule has 1 atom stereocenters. The van der Waals surface area contributed by atoms with Gasteiger partial charge in [-0.1, -0.05) is 20.3 Å². The second kappa shape index (κ2) is 8.90. The van der Waals surface area contributed by atoms with Crippen molar-refractivity contribution < 1.29 is 4.74 Å². The van der Waals surface area contributed by atoms with Gasteiger partial charge in [-0.3, -0.25) is 4.90 Å². The molecule has 0 saturated carbocycles. The highest BCUT2D eigenvalue weighted by molar-refractivity contribution is 4.67. The van der Waals surface area contributed by atoms with Gasteiger partial charge in [-0.05, 0) is 45.3 Å². The molecule has 0 amide bonds. The molecule has 0 aromatic rings. The number of ether oxygens (including phenoxy) is 1. The largest absolute Gasteiger partial charge is 0.376 e. The average molecular weight is 242 g/mol. The summed E-state index contributed by atoms with van der Waals surface area (Å²) in [6, 6.07) is 0. The Kier molecular flexibility index (Phi) is 7.82. The van der Waals surface area contributed by atoms with Gasteiger partial charge in [0.25, 0.3) is 0 Å². The number of unbranched alkanes of at least 4 members (excludes halogenated alkanes) is 2. The standard InChI is InChI=1S/C14H30N2O/c1-13(2)11-15-7-5-4-6-8-16-9-10-17-14(3)12-16/h13-15H,4-12H2,1-3H3. The normalized spacial score (nSPS) is 22.2. The van der Waals surface area contributed by atoms with Crippen LogP contribution in [0, 0.1) is 5.92 Å². The summed E-state index contributed by atoms with van der Waals surface area (Å²) >= 11 is 0. The van der Waals surface area contributed by atoms with Crippen LogP contribution in [0.15, 0.2) is 0 Å². The quantitative estimate of drug-likeness (QED) is 0.660. The summed E-state index contributed by atoms with van der Waals surface area (Å²) in [6.07, 6.45) is 4.41. The molecule has 1 aliphatic heterocycles. The summed E-state index contributed by atoms with van der Waals surface area (Å²) in [7, 11) is 0. The van der Waals surface area contributed by atoms with Crippen LogP contribution in [0.5, 0.6) is 0 Å². The maximum Gasteiger partial charge on any atom is 0.0674 e. The van der Waals surface area contributed by atoms with Gasteiger partial charge < -0.3 is 10.1 Å². The van der Waals surface area contributed by atoms with Gasteiger partial charge in [0.1, 0.15) is 0 Å². The Bertz CT molecular complexity index is 185. The lowest BCUT2D eigenvalue weighted by molar-refractivity contribution is -0.0186. The average Bonchev–Trinajstić information content (AvgIpc) is 2.27. The van der Waals surface area contributed by atoms with E-state index < -0.39 is 0 Å². The fourth-order valence-electron chi connectivity index (χ4n) is 2.25. The van der Waals surface area contributed by atoms with Gasteiger partial charge in [0.15, 0.2) is 0 Å². The number of hydrogen-bond acceptors (Lipinski definition) is 3. The van der Waals surface area contributed by atoms with Gasteiger partial charge in [-0.15, -0.1) is 0 Å². The molecule has 0 aliphatic carbocycles. The van der Waals surface area contributed by atoms with Gasteiger partial charge in [0, 0.05) is 13.1 Å². The number of rotatable bonds is 8. The highest BCUT2D eigenvalue weighted by Crippen LogP contribution is 2.06.